The highest BCUT2D eigenvalue weighted by Crippen LogP contribution is 2.29. The highest BCUT2D eigenvalue weighted by atomic mass is 16.1. The lowest BCUT2D eigenvalue weighted by atomic mass is 10.0. The summed E-state index contributed by atoms with van der Waals surface area (Å²) < 4.78 is 2.43. The summed E-state index contributed by atoms with van der Waals surface area (Å²) in [5.41, 5.74) is 4.18. The van der Waals surface area contributed by atoms with Gasteiger partial charge in [0.1, 0.15) is 5.82 Å². The summed E-state index contributed by atoms with van der Waals surface area (Å²) in [7, 11) is 0. The Balaban J connectivity index is 1.22. The zero-order chi connectivity index (χ0) is 23.3. The van der Waals surface area contributed by atoms with Crippen molar-refractivity contribution in [3.63, 3.8) is 0 Å². The predicted octanol–water partition coefficient (Wildman–Crippen LogP) is 5.54. The second-order valence-electron chi connectivity index (χ2n) is 9.18. The number of piperidine rings is 1. The van der Waals surface area contributed by atoms with E-state index < -0.39 is 0 Å². The third kappa shape index (κ3) is 4.90. The van der Waals surface area contributed by atoms with E-state index in [9.17, 15) is 4.79 Å². The molecule has 1 saturated heterocycles. The minimum atomic E-state index is -0.0179. The van der Waals surface area contributed by atoms with E-state index in [1.807, 2.05) is 48.5 Å². The molecule has 2 heterocycles. The maximum Gasteiger partial charge on any atom is 0.251 e. The van der Waals surface area contributed by atoms with Gasteiger partial charge in [0.2, 0.25) is 0 Å². The van der Waals surface area contributed by atoms with Crippen LogP contribution in [0.3, 0.4) is 0 Å². The molecule has 1 N–H and O–H groups in total. The van der Waals surface area contributed by atoms with Gasteiger partial charge in [-0.2, -0.15) is 0 Å². The molecule has 0 bridgehead atoms. The normalized spacial score (nSPS) is 15.9. The number of benzene rings is 3. The van der Waals surface area contributed by atoms with Crippen LogP contribution in [-0.2, 0) is 0 Å². The van der Waals surface area contributed by atoms with Crippen LogP contribution in [0, 0.1) is 6.92 Å². The Morgan fingerprint density at radius 2 is 1.59 bits per heavy atom. The van der Waals surface area contributed by atoms with Crippen molar-refractivity contribution < 1.29 is 4.79 Å². The van der Waals surface area contributed by atoms with Crippen LogP contribution in [0.1, 0.15) is 53.1 Å². The minimum Gasteiger partial charge on any atom is -0.345 e. The number of nitrogens with one attached hydrogen (secondary N) is 1. The number of imidazole rings is 1. The van der Waals surface area contributed by atoms with Crippen LogP contribution in [0.4, 0.5) is 0 Å². The molecule has 1 atom stereocenters. The lowest BCUT2D eigenvalue weighted by Crippen LogP contribution is -2.37. The van der Waals surface area contributed by atoms with Crippen LogP contribution in [0.15, 0.2) is 84.9 Å². The highest BCUT2D eigenvalue weighted by Gasteiger charge is 2.24. The van der Waals surface area contributed by atoms with E-state index in [-0.39, 0.29) is 11.9 Å². The van der Waals surface area contributed by atoms with Crippen LogP contribution in [0.5, 0.6) is 0 Å². The van der Waals surface area contributed by atoms with Gasteiger partial charge in [-0.1, -0.05) is 60.7 Å². The van der Waals surface area contributed by atoms with Gasteiger partial charge in [0.05, 0.1) is 17.1 Å². The molecule has 1 fully saturated rings. The summed E-state index contributed by atoms with van der Waals surface area (Å²) in [5.74, 6) is 1.09. The number of hydrogen-bond acceptors (Lipinski definition) is 3. The number of amides is 1. The summed E-state index contributed by atoms with van der Waals surface area (Å²) in [6.07, 6.45) is 3.13. The summed E-state index contributed by atoms with van der Waals surface area (Å²) >= 11 is 0. The molecule has 1 amide bonds. The summed E-state index contributed by atoms with van der Waals surface area (Å²) in [4.78, 5) is 20.2. The van der Waals surface area contributed by atoms with Gasteiger partial charge in [-0.05, 0) is 56.0 Å². The molecule has 3 aromatic carbocycles. The largest absolute Gasteiger partial charge is 0.345 e. The number of rotatable bonds is 7. The first-order chi connectivity index (χ1) is 16.7. The van der Waals surface area contributed by atoms with Crippen molar-refractivity contribution in [3.05, 3.63) is 102 Å². The zero-order valence-corrected chi connectivity index (χ0v) is 19.7. The van der Waals surface area contributed by atoms with Crippen molar-refractivity contribution in [1.29, 1.82) is 0 Å². The Kier molecular flexibility index (Phi) is 6.72. The molecular weight excluding hydrogens is 420 g/mol. The Morgan fingerprint density at radius 1 is 0.941 bits per heavy atom. The van der Waals surface area contributed by atoms with Crippen molar-refractivity contribution in [1.82, 2.24) is 19.8 Å². The number of hydrogen-bond donors (Lipinski definition) is 1. The van der Waals surface area contributed by atoms with Crippen molar-refractivity contribution in [2.75, 3.05) is 19.6 Å². The molecule has 1 aliphatic heterocycles. The number of carbonyl (C=O) groups is 1. The predicted molar refractivity (Wildman–Crippen MR) is 137 cm³/mol. The molecule has 0 spiro atoms. The summed E-state index contributed by atoms with van der Waals surface area (Å²) in [5, 5.41) is 3.27. The van der Waals surface area contributed by atoms with Gasteiger partial charge < -0.3 is 14.8 Å². The fourth-order valence-electron chi connectivity index (χ4n) is 5.18. The average Bonchev–Trinajstić information content (AvgIpc) is 3.23. The molecule has 174 valence electrons. The zero-order valence-electron chi connectivity index (χ0n) is 19.7. The third-order valence-electron chi connectivity index (χ3n) is 6.97. The Hall–Kier alpha value is -3.44. The molecule has 34 heavy (non-hydrogen) atoms. The molecule has 0 aliphatic carbocycles. The smallest absolute Gasteiger partial charge is 0.251 e. The van der Waals surface area contributed by atoms with Gasteiger partial charge in [0.25, 0.3) is 5.91 Å². The lowest BCUT2D eigenvalue weighted by Gasteiger charge is -2.34. The van der Waals surface area contributed by atoms with Gasteiger partial charge in [-0.15, -0.1) is 0 Å². The molecule has 5 rings (SSSR count). The number of likely N-dealkylation sites (tertiary alicyclic amines) is 1. The van der Waals surface area contributed by atoms with E-state index in [2.05, 4.69) is 58.1 Å². The van der Waals surface area contributed by atoms with Crippen molar-refractivity contribution in [2.24, 2.45) is 0 Å². The quantitative estimate of drug-likeness (QED) is 0.400. The maximum absolute atomic E-state index is 12.9. The second-order valence-corrected chi connectivity index (χ2v) is 9.18. The molecule has 1 unspecified atom stereocenters. The number of aryl methyl sites for hydroxylation is 1. The first kappa shape index (κ1) is 22.4. The van der Waals surface area contributed by atoms with Crippen molar-refractivity contribution in [2.45, 2.75) is 38.3 Å². The van der Waals surface area contributed by atoms with E-state index in [4.69, 9.17) is 4.98 Å². The molecule has 0 radical (unpaired) electrons. The van der Waals surface area contributed by atoms with Crippen molar-refractivity contribution >= 4 is 16.9 Å². The van der Waals surface area contributed by atoms with Crippen LogP contribution in [-0.4, -0.2) is 40.0 Å². The molecule has 5 nitrogen and oxygen atoms in total. The second kappa shape index (κ2) is 10.2. The van der Waals surface area contributed by atoms with Gasteiger partial charge in [-0.3, -0.25) is 4.79 Å². The SMILES string of the molecule is Cc1nc2ccccc2n1C1CCN(CCC(NC(=O)c2ccccc2)c2ccccc2)CC1. The van der Waals surface area contributed by atoms with Crippen molar-refractivity contribution in [3.8, 4) is 0 Å². The van der Waals surface area contributed by atoms with Gasteiger partial charge in [0.15, 0.2) is 0 Å². The van der Waals surface area contributed by atoms with E-state index >= 15 is 0 Å². The van der Waals surface area contributed by atoms with E-state index in [0.717, 1.165) is 55.8 Å². The topological polar surface area (TPSA) is 50.2 Å². The minimum absolute atomic E-state index is 0.00790. The maximum atomic E-state index is 12.9. The van der Waals surface area contributed by atoms with Crippen LogP contribution < -0.4 is 5.32 Å². The molecule has 0 saturated carbocycles. The van der Waals surface area contributed by atoms with Crippen LogP contribution >= 0.6 is 0 Å². The third-order valence-corrected chi connectivity index (χ3v) is 6.97. The van der Waals surface area contributed by atoms with Crippen LogP contribution in [0.25, 0.3) is 11.0 Å². The standard InChI is InChI=1S/C29H32N4O/c1-22-30-27-14-8-9-15-28(27)33(22)25-16-19-32(20-17-25)21-18-26(23-10-4-2-5-11-23)31-29(34)24-12-6-3-7-13-24/h2-15,25-26H,16-21H2,1H3,(H,31,34). The monoisotopic (exact) mass is 452 g/mol. The number of fused-ring (bicyclic) bond motifs is 1. The van der Waals surface area contributed by atoms with Gasteiger partial charge in [-0.25, -0.2) is 4.98 Å². The molecule has 5 heteroatoms. The van der Waals surface area contributed by atoms with E-state index in [1.54, 1.807) is 0 Å². The first-order valence-corrected chi connectivity index (χ1v) is 12.3. The fourth-order valence-corrected chi connectivity index (χ4v) is 5.18. The molecular formula is C29H32N4O. The Bertz CT molecular complexity index is 1230. The number of carbonyl (C=O) groups excluding carboxylic acids is 1. The first-order valence-electron chi connectivity index (χ1n) is 12.3. The number of aromatic nitrogens is 2. The van der Waals surface area contributed by atoms with Crippen LogP contribution in [0.2, 0.25) is 0 Å². The number of para-hydroxylation sites is 2. The average molecular weight is 453 g/mol. The fraction of sp³-hybridized carbons (Fsp3) is 0.310. The number of nitrogens with zero attached hydrogens (tertiary/aromatic N) is 3. The van der Waals surface area contributed by atoms with E-state index in [1.165, 1.54) is 5.52 Å². The molecule has 4 aromatic rings. The van der Waals surface area contributed by atoms with Gasteiger partial charge >= 0.3 is 0 Å². The summed E-state index contributed by atoms with van der Waals surface area (Å²) in [6, 6.07) is 28.7. The Labute approximate surface area is 201 Å². The summed E-state index contributed by atoms with van der Waals surface area (Å²) in [6.45, 7) is 5.20. The molecule has 1 aliphatic rings. The van der Waals surface area contributed by atoms with E-state index in [0.29, 0.717) is 11.6 Å². The molecule has 1 aromatic heterocycles. The highest BCUT2D eigenvalue weighted by molar-refractivity contribution is 5.94. The Morgan fingerprint density at radius 3 is 2.32 bits per heavy atom. The van der Waals surface area contributed by atoms with Gasteiger partial charge in [0, 0.05) is 31.2 Å². The lowest BCUT2D eigenvalue weighted by molar-refractivity contribution is 0.0929.